The van der Waals surface area contributed by atoms with Crippen LogP contribution in [0.5, 0.6) is 0 Å². The Morgan fingerprint density at radius 2 is 0.379 bits per heavy atom. The summed E-state index contributed by atoms with van der Waals surface area (Å²) < 4.78 is 0. The van der Waals surface area contributed by atoms with Gasteiger partial charge in [-0.15, -0.1) is 0 Å². The van der Waals surface area contributed by atoms with Gasteiger partial charge in [0.25, 0.3) is 0 Å². The first-order valence-corrected chi connectivity index (χ1v) is 39.8. The molecule has 22 heteroatoms. The number of isocyanates is 5. The molecule has 17 rings (SSSR count). The Morgan fingerprint density at radius 3 is 0.573 bits per heavy atom. The minimum Gasteiger partial charge on any atom is -0.347 e. The van der Waals surface area contributed by atoms with Crippen LogP contribution in [0.2, 0.25) is 0 Å². The number of aliphatic imine (C=N–C) groups is 7. The average molecular weight is 1620 g/mol. The van der Waals surface area contributed by atoms with Gasteiger partial charge in [-0.25, -0.2) is 67.9 Å². The van der Waals surface area contributed by atoms with E-state index in [1.807, 2.05) is 267 Å². The zero-order chi connectivity index (χ0) is 84.8. The number of nitrogens with one attached hydrogen (secondary N) is 1. The van der Waals surface area contributed by atoms with Gasteiger partial charge < -0.3 is 5.32 Å². The lowest BCUT2D eigenvalue weighted by molar-refractivity contribution is 0.236. The molecule has 0 radical (unpaired) electrons. The number of urea groups is 3. The lowest BCUT2D eigenvalue weighted by atomic mass is 10.0. The quantitative estimate of drug-likeness (QED) is 0.0345. The standard InChI is InChI=1S/C102H72N14O8/c117-64-103-83-29-1-69(2-30-83)57-74-11-39-88(40-12-74)108-97-111(91-45-17-77(18-46-91)59-71-5-33-85(34-6-71)105-66-119)100(122)114(97)94-51-23-80(24-52-94)62-76-15-43-90(44-16-76)110-99-113(93-49-21-79(22-50-93)61-73-9-37-87(38-10-73)107-68-121)102(124)116(99)96-55-27-82(28-56-96)63-81-25-53-95(54-26-81)115-98(109-89-41-13-75(14-42-89)58-70-3-31-84(32-4-70)104-65-118)112(101(115)123)92-47-19-78(20-48-92)60-72-7-35-86(36-8-72)106-67-120/h1-56,99,110H,57-63H2/b108-97+,109-98-. The van der Waals surface area contributed by atoms with Crippen molar-refractivity contribution >= 4 is 140 Å². The molecule has 0 saturated carbocycles. The molecule has 1 N–H and O–H groups in total. The monoisotopic (exact) mass is 1620 g/mol. The van der Waals surface area contributed by atoms with Crippen molar-refractivity contribution in [3.8, 4) is 0 Å². The topological polar surface area (TPSA) is 255 Å². The zero-order valence-electron chi connectivity index (χ0n) is 66.4. The van der Waals surface area contributed by atoms with Gasteiger partial charge >= 0.3 is 18.1 Å². The molecular formula is C102H72N14O8. The second-order valence-electron chi connectivity index (χ2n) is 29.9. The van der Waals surface area contributed by atoms with Crippen LogP contribution in [0.1, 0.15) is 77.9 Å². The smallest absolute Gasteiger partial charge is 0.342 e. The highest BCUT2D eigenvalue weighted by atomic mass is 16.2. The molecule has 598 valence electrons. The molecular weight excluding hydrogens is 1550 g/mol. The summed E-state index contributed by atoms with van der Waals surface area (Å²) in [6, 6.07) is 107. The molecule has 0 aliphatic carbocycles. The number of benzene rings is 14. The fourth-order valence-electron chi connectivity index (χ4n) is 15.2. The van der Waals surface area contributed by atoms with E-state index in [0.717, 1.165) is 83.6 Å². The van der Waals surface area contributed by atoms with E-state index in [4.69, 9.17) is 9.98 Å². The number of anilines is 7. The first-order chi connectivity index (χ1) is 60.8. The molecule has 22 nitrogen and oxygen atoms in total. The Kier molecular flexibility index (Phi) is 23.3. The van der Waals surface area contributed by atoms with Crippen LogP contribution in [0.4, 0.5) is 94.0 Å². The van der Waals surface area contributed by atoms with Crippen molar-refractivity contribution in [2.24, 2.45) is 34.9 Å². The predicted octanol–water partition coefficient (Wildman–Crippen LogP) is 21.8. The highest BCUT2D eigenvalue weighted by Crippen LogP contribution is 2.40. The first-order valence-electron chi connectivity index (χ1n) is 39.8. The highest BCUT2D eigenvalue weighted by molar-refractivity contribution is 6.44. The van der Waals surface area contributed by atoms with Crippen LogP contribution in [0, 0.1) is 0 Å². The van der Waals surface area contributed by atoms with Gasteiger partial charge in [-0.2, -0.15) is 25.0 Å². The Balaban J connectivity index is 0.586. The van der Waals surface area contributed by atoms with E-state index in [0.29, 0.717) is 131 Å². The fraction of sp³-hybridized carbons (Fsp3) is 0.0784. The van der Waals surface area contributed by atoms with E-state index in [2.05, 4.69) is 42.4 Å². The van der Waals surface area contributed by atoms with Gasteiger partial charge in [0.05, 0.1) is 62.6 Å². The van der Waals surface area contributed by atoms with E-state index in [1.165, 1.54) is 0 Å². The maximum Gasteiger partial charge on any atom is 0.342 e. The maximum atomic E-state index is 14.7. The molecule has 0 spiro atoms. The third-order valence-corrected chi connectivity index (χ3v) is 21.7. The van der Waals surface area contributed by atoms with Crippen LogP contribution >= 0.6 is 0 Å². The minimum absolute atomic E-state index is 0.226. The third-order valence-electron chi connectivity index (χ3n) is 21.7. The summed E-state index contributed by atoms with van der Waals surface area (Å²) >= 11 is 0. The fourth-order valence-corrected chi connectivity index (χ4v) is 15.2. The molecule has 1 atom stereocenters. The molecule has 3 heterocycles. The predicted molar refractivity (Wildman–Crippen MR) is 481 cm³/mol. The molecule has 1 unspecified atom stereocenters. The van der Waals surface area contributed by atoms with Crippen molar-refractivity contribution in [1.29, 1.82) is 0 Å². The molecule has 0 bridgehead atoms. The van der Waals surface area contributed by atoms with E-state index in [9.17, 15) is 38.4 Å². The number of guanidine groups is 2. The number of hydrogen-bond acceptors (Lipinski definition) is 16. The summed E-state index contributed by atoms with van der Waals surface area (Å²) in [7, 11) is 0. The van der Waals surface area contributed by atoms with E-state index in [-0.39, 0.29) is 18.1 Å². The summed E-state index contributed by atoms with van der Waals surface area (Å²) in [5, 5.41) is 3.67. The number of hydrogen-bond donors (Lipinski definition) is 1. The molecule has 3 fully saturated rings. The Labute approximate surface area is 712 Å². The molecule has 3 saturated heterocycles. The maximum absolute atomic E-state index is 14.7. The summed E-state index contributed by atoms with van der Waals surface area (Å²) in [5.74, 6) is 0.854. The number of amides is 6. The zero-order valence-corrected chi connectivity index (χ0v) is 66.4. The van der Waals surface area contributed by atoms with Crippen molar-refractivity contribution in [1.82, 2.24) is 0 Å². The van der Waals surface area contributed by atoms with Gasteiger partial charge in [-0.1, -0.05) is 170 Å². The third kappa shape index (κ3) is 18.1. The summed E-state index contributed by atoms with van der Waals surface area (Å²) in [6.45, 7) is 0. The second kappa shape index (κ2) is 36.4. The van der Waals surface area contributed by atoms with Gasteiger partial charge in [-0.05, 0) is 293 Å². The normalized spacial score (nSPS) is 13.9. The molecule has 3 aliphatic rings. The van der Waals surface area contributed by atoms with Gasteiger partial charge in [0, 0.05) is 17.1 Å². The lowest BCUT2D eigenvalue weighted by Crippen LogP contribution is -2.72. The Hall–Kier alpha value is -17.1. The van der Waals surface area contributed by atoms with Crippen molar-refractivity contribution in [2.45, 2.75) is 51.2 Å². The SMILES string of the molecule is O=C=Nc1ccc(Cc2ccc(/N=C3\N(c4ccc(Cc5ccc(N=C=O)cc5)cc4)C(=O)N3c3ccc(Cc4ccc(NC5N(c6ccc(Cc7ccc(N=C=O)cc7)cc6)C(=O)N5c5ccc(Cc6ccc(N7C(=O)N(c8ccc(Cc9ccc(N=C=O)cc9)cc8)/C7=N/c7ccc(Cc8ccc(N=C=O)cc8)cc7)cc6)cc5)cc4)cc3)cc2)cc1. The van der Waals surface area contributed by atoms with Crippen molar-refractivity contribution in [2.75, 3.05) is 34.7 Å². The van der Waals surface area contributed by atoms with E-state index < -0.39 is 6.29 Å². The second-order valence-corrected chi connectivity index (χ2v) is 29.9. The Morgan fingerprint density at radius 1 is 0.210 bits per heavy atom. The van der Waals surface area contributed by atoms with Crippen LogP contribution in [0.25, 0.3) is 0 Å². The molecule has 6 amide bonds. The molecule has 14 aromatic carbocycles. The van der Waals surface area contributed by atoms with Gasteiger partial charge in [-0.3, -0.25) is 9.80 Å². The van der Waals surface area contributed by atoms with Crippen molar-refractivity contribution in [3.05, 3.63) is 418 Å². The minimum atomic E-state index is -0.634. The first kappa shape index (κ1) is 79.4. The van der Waals surface area contributed by atoms with Gasteiger partial charge in [0.2, 0.25) is 42.3 Å². The van der Waals surface area contributed by atoms with Crippen LogP contribution in [0.3, 0.4) is 0 Å². The summed E-state index contributed by atoms with van der Waals surface area (Å²) in [6.07, 6.45) is 11.6. The largest absolute Gasteiger partial charge is 0.347 e. The molecule has 124 heavy (non-hydrogen) atoms. The van der Waals surface area contributed by atoms with Crippen LogP contribution in [-0.4, -0.2) is 66.7 Å². The number of carbonyl (C=O) groups excluding carboxylic acids is 8. The summed E-state index contributed by atoms with van der Waals surface area (Å²) in [4.78, 5) is 137. The van der Waals surface area contributed by atoms with Gasteiger partial charge in [0.15, 0.2) is 6.29 Å². The van der Waals surface area contributed by atoms with Crippen LogP contribution < -0.4 is 34.7 Å². The van der Waals surface area contributed by atoms with Crippen LogP contribution in [-0.2, 0) is 68.9 Å². The van der Waals surface area contributed by atoms with E-state index in [1.54, 1.807) is 120 Å². The number of carbonyl (C=O) groups is 3. The van der Waals surface area contributed by atoms with Crippen LogP contribution in [0.15, 0.2) is 375 Å². The molecule has 14 aromatic rings. The molecule has 0 aromatic heterocycles. The average Bonchev–Trinajstić information content (AvgIpc) is 0.746. The Bertz CT molecular complexity index is 6630. The summed E-state index contributed by atoms with van der Waals surface area (Å²) in [5.41, 5.74) is 23.0. The lowest BCUT2D eigenvalue weighted by Gasteiger charge is -2.50. The molecule has 3 aliphatic heterocycles. The van der Waals surface area contributed by atoms with E-state index >= 15 is 0 Å². The number of rotatable bonds is 29. The van der Waals surface area contributed by atoms with Crippen molar-refractivity contribution in [3.63, 3.8) is 0 Å². The van der Waals surface area contributed by atoms with Gasteiger partial charge in [0.1, 0.15) is 0 Å². The van der Waals surface area contributed by atoms with Crippen molar-refractivity contribution < 1.29 is 38.4 Å². The highest BCUT2D eigenvalue weighted by Gasteiger charge is 2.48. The number of nitrogens with zero attached hydrogens (tertiary/aromatic N) is 13.